The van der Waals surface area contributed by atoms with Gasteiger partial charge in [-0.2, -0.15) is 0 Å². The molecule has 0 amide bonds. The Morgan fingerprint density at radius 2 is 1.00 bits per heavy atom. The van der Waals surface area contributed by atoms with Crippen LogP contribution >= 0.6 is 0 Å². The minimum Gasteiger partial charge on any atom is -0.0991 e. The fourth-order valence-electron chi connectivity index (χ4n) is 0. The molecule has 0 heterocycles. The Hall–Kier alpha value is 0.467. The van der Waals surface area contributed by atoms with Gasteiger partial charge in [0.05, 0.1) is 0 Å². The Bertz CT molecular complexity index is 26.5. The summed E-state index contributed by atoms with van der Waals surface area (Å²) < 4.78 is 0. The Morgan fingerprint density at radius 3 is 1.00 bits per heavy atom. The maximum atomic E-state index is 3.36. The molecule has 0 fully saturated rings. The van der Waals surface area contributed by atoms with Crippen LogP contribution in [0.15, 0.2) is 25.3 Å². The molecular formula is C4H6Ni2. The first-order valence-corrected chi connectivity index (χ1v) is 1.15. The molecule has 6 heavy (non-hydrogen) atoms. The first-order valence-electron chi connectivity index (χ1n) is 1.15. The SMILES string of the molecule is C=CC=C.[Ni].[Ni]. The van der Waals surface area contributed by atoms with Gasteiger partial charge in [-0.1, -0.05) is 25.3 Å². The van der Waals surface area contributed by atoms with Crippen molar-refractivity contribution in [3.8, 4) is 0 Å². The molecule has 0 unspecified atom stereocenters. The summed E-state index contributed by atoms with van der Waals surface area (Å²) in [5.41, 5.74) is 0. The van der Waals surface area contributed by atoms with Crippen molar-refractivity contribution in [1.29, 1.82) is 0 Å². The molecule has 0 spiro atoms. The van der Waals surface area contributed by atoms with Crippen LogP contribution in [0.3, 0.4) is 0 Å². The average Bonchev–Trinajstić information content (AvgIpc) is 1.37. The number of rotatable bonds is 1. The second kappa shape index (κ2) is 17.9. The van der Waals surface area contributed by atoms with Crippen LogP contribution in [0.2, 0.25) is 0 Å². The maximum Gasteiger partial charge on any atom is 0 e. The molecule has 0 saturated carbocycles. The van der Waals surface area contributed by atoms with Crippen LogP contribution in [-0.2, 0) is 33.0 Å². The van der Waals surface area contributed by atoms with Crippen molar-refractivity contribution in [3.05, 3.63) is 25.3 Å². The van der Waals surface area contributed by atoms with E-state index in [0.29, 0.717) is 0 Å². The van der Waals surface area contributed by atoms with Crippen molar-refractivity contribution >= 4 is 0 Å². The van der Waals surface area contributed by atoms with Crippen molar-refractivity contribution in [1.82, 2.24) is 0 Å². The molecule has 0 rings (SSSR count). The van der Waals surface area contributed by atoms with Gasteiger partial charge in [0.25, 0.3) is 0 Å². The summed E-state index contributed by atoms with van der Waals surface area (Å²) in [6, 6.07) is 0. The van der Waals surface area contributed by atoms with Crippen molar-refractivity contribution in [2.45, 2.75) is 0 Å². The van der Waals surface area contributed by atoms with Gasteiger partial charge < -0.3 is 0 Å². The fraction of sp³-hybridized carbons (Fsp3) is 0. The summed E-state index contributed by atoms with van der Waals surface area (Å²) in [5, 5.41) is 0. The average molecular weight is 171 g/mol. The minimum atomic E-state index is 0. The van der Waals surface area contributed by atoms with Crippen molar-refractivity contribution in [2.75, 3.05) is 0 Å². The van der Waals surface area contributed by atoms with Crippen molar-refractivity contribution < 1.29 is 33.0 Å². The van der Waals surface area contributed by atoms with Gasteiger partial charge in [0, 0.05) is 33.0 Å². The predicted octanol–water partition coefficient (Wildman–Crippen LogP) is 1.35. The topological polar surface area (TPSA) is 0 Å². The summed E-state index contributed by atoms with van der Waals surface area (Å²) in [6.45, 7) is 6.72. The Morgan fingerprint density at radius 1 is 0.833 bits per heavy atom. The largest absolute Gasteiger partial charge is 0.0991 e. The van der Waals surface area contributed by atoms with E-state index in [0.717, 1.165) is 0 Å². The Balaban J connectivity index is -0.0000000450. The second-order valence-corrected chi connectivity index (χ2v) is 0.471. The van der Waals surface area contributed by atoms with Crippen molar-refractivity contribution in [3.63, 3.8) is 0 Å². The van der Waals surface area contributed by atoms with Gasteiger partial charge in [-0.05, 0) is 0 Å². The van der Waals surface area contributed by atoms with Gasteiger partial charge >= 0.3 is 0 Å². The quantitative estimate of drug-likeness (QED) is 0.413. The monoisotopic (exact) mass is 170 g/mol. The minimum absolute atomic E-state index is 0. The van der Waals surface area contributed by atoms with Crippen LogP contribution in [0.4, 0.5) is 0 Å². The molecule has 42 valence electrons. The zero-order chi connectivity index (χ0) is 3.41. The van der Waals surface area contributed by atoms with Crippen molar-refractivity contribution in [2.24, 2.45) is 0 Å². The van der Waals surface area contributed by atoms with E-state index in [-0.39, 0.29) is 33.0 Å². The van der Waals surface area contributed by atoms with E-state index in [1.54, 1.807) is 12.2 Å². The zero-order valence-corrected chi connectivity index (χ0v) is 5.18. The third kappa shape index (κ3) is 24.9. The molecule has 0 aliphatic rings. The van der Waals surface area contributed by atoms with E-state index in [2.05, 4.69) is 13.2 Å². The van der Waals surface area contributed by atoms with E-state index < -0.39 is 0 Å². The summed E-state index contributed by atoms with van der Waals surface area (Å²) in [5.74, 6) is 0. The Kier molecular flexibility index (Phi) is 48.0. The molecule has 0 atom stereocenters. The first-order chi connectivity index (χ1) is 1.91. The fourth-order valence-corrected chi connectivity index (χ4v) is 0. The van der Waals surface area contributed by atoms with Crippen LogP contribution in [0.1, 0.15) is 0 Å². The van der Waals surface area contributed by atoms with Crippen LogP contribution in [-0.4, -0.2) is 0 Å². The van der Waals surface area contributed by atoms with Crippen LogP contribution in [0, 0.1) is 0 Å². The standard InChI is InChI=1S/C4H6.2Ni/c1-3-4-2;;/h3-4H,1-2H2;;. The molecule has 0 bridgehead atoms. The molecule has 0 saturated heterocycles. The second-order valence-electron chi connectivity index (χ2n) is 0.471. The molecule has 0 aliphatic heterocycles. The molecule has 0 radical (unpaired) electrons. The third-order valence-electron chi connectivity index (χ3n) is 0.167. The number of hydrogen-bond acceptors (Lipinski definition) is 0. The van der Waals surface area contributed by atoms with Gasteiger partial charge in [0.1, 0.15) is 0 Å². The van der Waals surface area contributed by atoms with E-state index in [1.165, 1.54) is 0 Å². The number of allylic oxidation sites excluding steroid dienone is 2. The van der Waals surface area contributed by atoms with E-state index in [1.807, 2.05) is 0 Å². The molecule has 2 heteroatoms. The van der Waals surface area contributed by atoms with Gasteiger partial charge in [0.15, 0.2) is 0 Å². The molecule has 0 aliphatic carbocycles. The summed E-state index contributed by atoms with van der Waals surface area (Å²) in [4.78, 5) is 0. The summed E-state index contributed by atoms with van der Waals surface area (Å²) >= 11 is 0. The maximum absolute atomic E-state index is 3.36. The van der Waals surface area contributed by atoms with E-state index in [4.69, 9.17) is 0 Å². The molecule has 0 aromatic heterocycles. The smallest absolute Gasteiger partial charge is 0 e. The van der Waals surface area contributed by atoms with Gasteiger partial charge in [0.2, 0.25) is 0 Å². The summed E-state index contributed by atoms with van der Waals surface area (Å²) in [7, 11) is 0. The van der Waals surface area contributed by atoms with E-state index in [9.17, 15) is 0 Å². The summed E-state index contributed by atoms with van der Waals surface area (Å²) in [6.07, 6.45) is 3.28. The van der Waals surface area contributed by atoms with E-state index >= 15 is 0 Å². The first kappa shape index (κ1) is 16.1. The van der Waals surface area contributed by atoms with Gasteiger partial charge in [-0.25, -0.2) is 0 Å². The van der Waals surface area contributed by atoms with Gasteiger partial charge in [-0.15, -0.1) is 0 Å². The Labute approximate surface area is 58.5 Å². The van der Waals surface area contributed by atoms with Crippen LogP contribution in [0.25, 0.3) is 0 Å². The van der Waals surface area contributed by atoms with Crippen LogP contribution < -0.4 is 0 Å². The van der Waals surface area contributed by atoms with Gasteiger partial charge in [-0.3, -0.25) is 0 Å². The molecule has 0 aromatic rings. The predicted molar refractivity (Wildman–Crippen MR) is 20.4 cm³/mol. The molecule has 0 aromatic carbocycles. The zero-order valence-electron chi connectivity index (χ0n) is 3.20. The molecule has 0 nitrogen and oxygen atoms in total. The van der Waals surface area contributed by atoms with Crippen LogP contribution in [0.5, 0.6) is 0 Å². The molecule has 0 N–H and O–H groups in total. The number of hydrogen-bond donors (Lipinski definition) is 0. The molecular weight excluding hydrogens is 165 g/mol. The third-order valence-corrected chi connectivity index (χ3v) is 0.167. The normalized spacial score (nSPS) is 3.33.